The number of carboxylic acids is 1. The van der Waals surface area contributed by atoms with Crippen molar-refractivity contribution >= 4 is 29.7 Å². The molecule has 0 saturated carbocycles. The zero-order valence-electron chi connectivity index (χ0n) is 13.3. The first kappa shape index (κ1) is 17.0. The van der Waals surface area contributed by atoms with E-state index in [2.05, 4.69) is 15.8 Å². The first-order chi connectivity index (χ1) is 12.5. The molecule has 3 N–H and O–H groups in total. The SMILES string of the molecule is O=C(N/N=C\c1ccc(C(=O)O)cc1)C(=O)Nc1ccc2c(c1)OCO2. The van der Waals surface area contributed by atoms with Crippen LogP contribution in [0.3, 0.4) is 0 Å². The van der Waals surface area contributed by atoms with Crippen LogP contribution in [0.15, 0.2) is 47.6 Å². The summed E-state index contributed by atoms with van der Waals surface area (Å²) < 4.78 is 10.3. The van der Waals surface area contributed by atoms with Crippen LogP contribution >= 0.6 is 0 Å². The van der Waals surface area contributed by atoms with Crippen LogP contribution in [0.25, 0.3) is 0 Å². The van der Waals surface area contributed by atoms with Gasteiger partial charge in [0.15, 0.2) is 11.5 Å². The summed E-state index contributed by atoms with van der Waals surface area (Å²) in [7, 11) is 0. The highest BCUT2D eigenvalue weighted by atomic mass is 16.7. The Kier molecular flexibility index (Phi) is 4.79. The Morgan fingerprint density at radius 1 is 1.00 bits per heavy atom. The fraction of sp³-hybridized carbons (Fsp3) is 0.0588. The number of nitrogens with zero attached hydrogens (tertiary/aromatic N) is 1. The zero-order valence-corrected chi connectivity index (χ0v) is 13.3. The number of hydrazone groups is 1. The van der Waals surface area contributed by atoms with Crippen molar-refractivity contribution in [1.29, 1.82) is 0 Å². The van der Waals surface area contributed by atoms with Gasteiger partial charge in [0.25, 0.3) is 0 Å². The van der Waals surface area contributed by atoms with E-state index in [0.717, 1.165) is 0 Å². The number of carbonyl (C=O) groups excluding carboxylic acids is 2. The molecule has 0 fully saturated rings. The molecule has 1 aliphatic rings. The molecular weight excluding hydrogens is 342 g/mol. The van der Waals surface area contributed by atoms with Crippen LogP contribution in [0.5, 0.6) is 11.5 Å². The van der Waals surface area contributed by atoms with Crippen molar-refractivity contribution in [3.05, 3.63) is 53.6 Å². The van der Waals surface area contributed by atoms with Crippen molar-refractivity contribution in [2.45, 2.75) is 0 Å². The Labute approximate surface area is 147 Å². The van der Waals surface area contributed by atoms with Crippen molar-refractivity contribution in [3.63, 3.8) is 0 Å². The highest BCUT2D eigenvalue weighted by Crippen LogP contribution is 2.34. The molecule has 9 nitrogen and oxygen atoms in total. The largest absolute Gasteiger partial charge is 0.478 e. The molecule has 132 valence electrons. The Morgan fingerprint density at radius 2 is 1.73 bits per heavy atom. The van der Waals surface area contributed by atoms with Gasteiger partial charge in [-0.3, -0.25) is 9.59 Å². The van der Waals surface area contributed by atoms with Gasteiger partial charge >= 0.3 is 17.8 Å². The summed E-state index contributed by atoms with van der Waals surface area (Å²) in [5.74, 6) is -1.86. The van der Waals surface area contributed by atoms with Crippen LogP contribution in [0.4, 0.5) is 5.69 Å². The number of carboxylic acid groups (broad SMARTS) is 1. The lowest BCUT2D eigenvalue weighted by atomic mass is 10.1. The van der Waals surface area contributed by atoms with Gasteiger partial charge in [0, 0.05) is 11.8 Å². The lowest BCUT2D eigenvalue weighted by Crippen LogP contribution is -2.32. The maximum absolute atomic E-state index is 11.8. The molecule has 2 aromatic rings. The molecule has 1 aliphatic heterocycles. The normalized spacial score (nSPS) is 12.0. The number of nitrogens with one attached hydrogen (secondary N) is 2. The van der Waals surface area contributed by atoms with Crippen LogP contribution in [-0.2, 0) is 9.59 Å². The molecule has 0 bridgehead atoms. The molecule has 3 rings (SSSR count). The van der Waals surface area contributed by atoms with E-state index >= 15 is 0 Å². The second kappa shape index (κ2) is 7.34. The van der Waals surface area contributed by atoms with Gasteiger partial charge in [-0.15, -0.1) is 0 Å². The quantitative estimate of drug-likeness (QED) is 0.430. The fourth-order valence-electron chi connectivity index (χ4n) is 2.09. The molecule has 0 unspecified atom stereocenters. The van der Waals surface area contributed by atoms with Crippen molar-refractivity contribution in [3.8, 4) is 11.5 Å². The predicted molar refractivity (Wildman–Crippen MR) is 90.3 cm³/mol. The lowest BCUT2D eigenvalue weighted by Gasteiger charge is -2.05. The second-order valence-corrected chi connectivity index (χ2v) is 5.15. The van der Waals surface area contributed by atoms with E-state index in [4.69, 9.17) is 14.6 Å². The van der Waals surface area contributed by atoms with E-state index in [1.165, 1.54) is 30.5 Å². The molecule has 0 aliphatic carbocycles. The van der Waals surface area contributed by atoms with Crippen molar-refractivity contribution in [2.24, 2.45) is 5.10 Å². The third kappa shape index (κ3) is 3.96. The van der Waals surface area contributed by atoms with E-state index in [-0.39, 0.29) is 12.4 Å². The molecule has 26 heavy (non-hydrogen) atoms. The fourth-order valence-corrected chi connectivity index (χ4v) is 2.09. The summed E-state index contributed by atoms with van der Waals surface area (Å²) in [6.07, 6.45) is 1.29. The highest BCUT2D eigenvalue weighted by molar-refractivity contribution is 6.39. The summed E-state index contributed by atoms with van der Waals surface area (Å²) >= 11 is 0. The van der Waals surface area contributed by atoms with Crippen LogP contribution in [-0.4, -0.2) is 35.9 Å². The molecule has 2 aromatic carbocycles. The molecule has 0 radical (unpaired) electrons. The number of carbonyl (C=O) groups is 3. The third-order valence-corrected chi connectivity index (χ3v) is 3.37. The first-order valence-corrected chi connectivity index (χ1v) is 7.40. The summed E-state index contributed by atoms with van der Waals surface area (Å²) in [5.41, 5.74) is 3.16. The molecule has 9 heteroatoms. The van der Waals surface area contributed by atoms with Gasteiger partial charge in [0.1, 0.15) is 0 Å². The predicted octanol–water partition coefficient (Wildman–Crippen LogP) is 1.20. The van der Waals surface area contributed by atoms with Crippen LogP contribution < -0.4 is 20.2 Å². The van der Waals surface area contributed by atoms with Crippen LogP contribution in [0.2, 0.25) is 0 Å². The number of aromatic carboxylic acids is 1. The Bertz CT molecular complexity index is 892. The molecule has 0 spiro atoms. The highest BCUT2D eigenvalue weighted by Gasteiger charge is 2.17. The number of amides is 2. The summed E-state index contributed by atoms with van der Waals surface area (Å²) in [6.45, 7) is 0.107. The minimum Gasteiger partial charge on any atom is -0.478 e. The first-order valence-electron chi connectivity index (χ1n) is 7.40. The molecular formula is C17H13N3O6. The third-order valence-electron chi connectivity index (χ3n) is 3.37. The number of anilines is 1. The summed E-state index contributed by atoms with van der Waals surface area (Å²) in [6, 6.07) is 10.6. The zero-order chi connectivity index (χ0) is 18.5. The van der Waals surface area contributed by atoms with Crippen molar-refractivity contribution < 1.29 is 29.0 Å². The number of fused-ring (bicyclic) bond motifs is 1. The average Bonchev–Trinajstić information content (AvgIpc) is 3.09. The average molecular weight is 355 g/mol. The second-order valence-electron chi connectivity index (χ2n) is 5.15. The van der Waals surface area contributed by atoms with E-state index in [1.54, 1.807) is 18.2 Å². The molecule has 0 saturated heterocycles. The minimum atomic E-state index is -1.04. The molecule has 1 heterocycles. The van der Waals surface area contributed by atoms with Gasteiger partial charge < -0.3 is 19.9 Å². The standard InChI is InChI=1S/C17H13N3O6/c21-15(19-12-5-6-13-14(7-12)26-9-25-13)16(22)20-18-8-10-1-3-11(4-2-10)17(23)24/h1-8H,9H2,(H,19,21)(H,20,22)(H,23,24)/b18-8-. The number of hydrogen-bond acceptors (Lipinski definition) is 6. The Morgan fingerprint density at radius 3 is 2.46 bits per heavy atom. The van der Waals surface area contributed by atoms with Crippen LogP contribution in [0, 0.1) is 0 Å². The number of ether oxygens (including phenoxy) is 2. The molecule has 0 atom stereocenters. The Balaban J connectivity index is 1.54. The topological polar surface area (TPSA) is 126 Å². The Hall–Kier alpha value is -3.88. The van der Waals surface area contributed by atoms with Gasteiger partial charge in [-0.1, -0.05) is 12.1 Å². The number of hydrogen-bond donors (Lipinski definition) is 3. The minimum absolute atomic E-state index is 0.107. The van der Waals surface area contributed by atoms with Gasteiger partial charge in [-0.05, 0) is 29.8 Å². The maximum Gasteiger partial charge on any atom is 0.335 e. The molecule has 0 aromatic heterocycles. The number of benzene rings is 2. The lowest BCUT2D eigenvalue weighted by molar-refractivity contribution is -0.136. The summed E-state index contributed by atoms with van der Waals surface area (Å²) in [5, 5.41) is 14.9. The van der Waals surface area contributed by atoms with E-state index < -0.39 is 17.8 Å². The van der Waals surface area contributed by atoms with E-state index in [0.29, 0.717) is 22.7 Å². The number of rotatable bonds is 4. The van der Waals surface area contributed by atoms with Gasteiger partial charge in [-0.2, -0.15) is 5.10 Å². The van der Waals surface area contributed by atoms with Crippen molar-refractivity contribution in [2.75, 3.05) is 12.1 Å². The summed E-state index contributed by atoms with van der Waals surface area (Å²) in [4.78, 5) is 34.3. The smallest absolute Gasteiger partial charge is 0.335 e. The van der Waals surface area contributed by atoms with Crippen molar-refractivity contribution in [1.82, 2.24) is 5.43 Å². The van der Waals surface area contributed by atoms with E-state index in [9.17, 15) is 14.4 Å². The maximum atomic E-state index is 11.8. The molecule has 2 amide bonds. The van der Waals surface area contributed by atoms with Gasteiger partial charge in [0.05, 0.1) is 11.8 Å². The van der Waals surface area contributed by atoms with Crippen LogP contribution in [0.1, 0.15) is 15.9 Å². The monoisotopic (exact) mass is 355 g/mol. The van der Waals surface area contributed by atoms with Gasteiger partial charge in [-0.25, -0.2) is 10.2 Å². The van der Waals surface area contributed by atoms with E-state index in [1.807, 2.05) is 0 Å². The van der Waals surface area contributed by atoms with Gasteiger partial charge in [0.2, 0.25) is 6.79 Å².